The van der Waals surface area contributed by atoms with E-state index in [9.17, 15) is 12.8 Å². The lowest BCUT2D eigenvalue weighted by Crippen LogP contribution is -2.29. The Balaban J connectivity index is 2.11. The van der Waals surface area contributed by atoms with Crippen molar-refractivity contribution in [2.24, 2.45) is 0 Å². The van der Waals surface area contributed by atoms with Crippen molar-refractivity contribution in [2.45, 2.75) is 32.1 Å². The van der Waals surface area contributed by atoms with Gasteiger partial charge in [0.15, 0.2) is 0 Å². The highest BCUT2D eigenvalue weighted by Crippen LogP contribution is 2.19. The fraction of sp³-hybridized carbons (Fsp3) is 0.294. The van der Waals surface area contributed by atoms with Gasteiger partial charge < -0.3 is 0 Å². The Bertz CT molecular complexity index is 709. The third kappa shape index (κ3) is 4.64. The van der Waals surface area contributed by atoms with Crippen LogP contribution in [-0.4, -0.2) is 8.42 Å². The van der Waals surface area contributed by atoms with Crippen LogP contribution in [0.3, 0.4) is 0 Å². The first-order valence-corrected chi connectivity index (χ1v) is 8.86. The van der Waals surface area contributed by atoms with Crippen LogP contribution in [0, 0.1) is 12.7 Å². The Kier molecular flexibility index (Phi) is 5.32. The molecule has 118 valence electrons. The Labute approximate surface area is 131 Å². The third-order valence-corrected chi connectivity index (χ3v) is 4.84. The summed E-state index contributed by atoms with van der Waals surface area (Å²) in [7, 11) is -3.49. The molecular formula is C17H20FNO2S. The summed E-state index contributed by atoms with van der Waals surface area (Å²) >= 11 is 0. The standard InChI is InChI=1S/C17H20FNO2S/c1-3-17(15-8-4-13(2)5-9-15)19-22(20,21)12-14-6-10-16(18)11-7-14/h4-11,17,19H,3,12H2,1-2H3/t17-/m0/s1. The fourth-order valence-electron chi connectivity index (χ4n) is 2.24. The largest absolute Gasteiger partial charge is 0.216 e. The van der Waals surface area contributed by atoms with Crippen LogP contribution in [0.5, 0.6) is 0 Å². The molecule has 0 radical (unpaired) electrons. The predicted molar refractivity (Wildman–Crippen MR) is 86.4 cm³/mol. The molecule has 0 aromatic heterocycles. The molecular weight excluding hydrogens is 301 g/mol. The molecule has 0 saturated carbocycles. The van der Waals surface area contributed by atoms with E-state index in [4.69, 9.17) is 0 Å². The Hall–Kier alpha value is -1.72. The van der Waals surface area contributed by atoms with E-state index in [0.717, 1.165) is 11.1 Å². The average molecular weight is 321 g/mol. The minimum atomic E-state index is -3.49. The zero-order valence-corrected chi connectivity index (χ0v) is 13.5. The fourth-order valence-corrected chi connectivity index (χ4v) is 3.70. The zero-order valence-electron chi connectivity index (χ0n) is 12.7. The summed E-state index contributed by atoms with van der Waals surface area (Å²) < 4.78 is 40.2. The lowest BCUT2D eigenvalue weighted by atomic mass is 10.0. The second kappa shape index (κ2) is 7.03. The first-order valence-electron chi connectivity index (χ1n) is 7.20. The van der Waals surface area contributed by atoms with Crippen LogP contribution < -0.4 is 4.72 Å². The SMILES string of the molecule is CC[C@H](NS(=O)(=O)Cc1ccc(F)cc1)c1ccc(C)cc1. The monoisotopic (exact) mass is 321 g/mol. The minimum Gasteiger partial charge on any atom is -0.212 e. The molecule has 0 aliphatic rings. The molecule has 0 spiro atoms. The summed E-state index contributed by atoms with van der Waals surface area (Å²) in [5.74, 6) is -0.532. The number of aryl methyl sites for hydroxylation is 1. The maximum atomic E-state index is 12.9. The second-order valence-corrected chi connectivity index (χ2v) is 7.13. The van der Waals surface area contributed by atoms with E-state index in [-0.39, 0.29) is 17.6 Å². The van der Waals surface area contributed by atoms with Crippen molar-refractivity contribution in [1.82, 2.24) is 4.72 Å². The van der Waals surface area contributed by atoms with E-state index in [1.165, 1.54) is 24.3 Å². The molecule has 1 atom stereocenters. The minimum absolute atomic E-state index is 0.157. The van der Waals surface area contributed by atoms with Gasteiger partial charge in [0.25, 0.3) is 0 Å². The third-order valence-electron chi connectivity index (χ3n) is 3.48. The topological polar surface area (TPSA) is 46.2 Å². The molecule has 3 nitrogen and oxygen atoms in total. The molecule has 2 rings (SSSR count). The van der Waals surface area contributed by atoms with E-state index < -0.39 is 10.0 Å². The number of hydrogen-bond donors (Lipinski definition) is 1. The van der Waals surface area contributed by atoms with Gasteiger partial charge in [-0.2, -0.15) is 0 Å². The summed E-state index contributed by atoms with van der Waals surface area (Å²) in [6, 6.07) is 13.0. The molecule has 0 heterocycles. The van der Waals surface area contributed by atoms with Gasteiger partial charge in [0.1, 0.15) is 5.82 Å². The summed E-state index contributed by atoms with van der Waals surface area (Å²) in [6.07, 6.45) is 0.658. The van der Waals surface area contributed by atoms with Gasteiger partial charge in [-0.1, -0.05) is 48.9 Å². The highest BCUT2D eigenvalue weighted by molar-refractivity contribution is 7.88. The summed E-state index contributed by atoms with van der Waals surface area (Å²) in [5, 5.41) is 0. The number of nitrogens with one attached hydrogen (secondary N) is 1. The molecule has 0 amide bonds. The Morgan fingerprint density at radius 1 is 1.05 bits per heavy atom. The number of sulfonamides is 1. The number of benzene rings is 2. The lowest BCUT2D eigenvalue weighted by molar-refractivity contribution is 0.549. The smallest absolute Gasteiger partial charge is 0.212 e. The molecule has 22 heavy (non-hydrogen) atoms. The van der Waals surface area contributed by atoms with Gasteiger partial charge in [0, 0.05) is 6.04 Å². The molecule has 0 aliphatic heterocycles. The highest BCUT2D eigenvalue weighted by atomic mass is 32.2. The van der Waals surface area contributed by atoms with E-state index in [2.05, 4.69) is 4.72 Å². The molecule has 2 aromatic carbocycles. The van der Waals surface area contributed by atoms with E-state index in [0.29, 0.717) is 12.0 Å². The van der Waals surface area contributed by atoms with Crippen LogP contribution in [0.4, 0.5) is 4.39 Å². The van der Waals surface area contributed by atoms with Crippen molar-refractivity contribution in [3.8, 4) is 0 Å². The number of hydrogen-bond acceptors (Lipinski definition) is 2. The van der Waals surface area contributed by atoms with Crippen LogP contribution in [0.15, 0.2) is 48.5 Å². The number of rotatable bonds is 6. The van der Waals surface area contributed by atoms with Gasteiger partial charge in [0.2, 0.25) is 10.0 Å². The van der Waals surface area contributed by atoms with Crippen molar-refractivity contribution in [2.75, 3.05) is 0 Å². The van der Waals surface area contributed by atoms with Gasteiger partial charge in [-0.15, -0.1) is 0 Å². The van der Waals surface area contributed by atoms with Crippen molar-refractivity contribution in [3.63, 3.8) is 0 Å². The maximum absolute atomic E-state index is 12.9. The summed E-state index contributed by atoms with van der Waals surface area (Å²) in [4.78, 5) is 0. The van der Waals surface area contributed by atoms with E-state index in [1.54, 1.807) is 0 Å². The van der Waals surface area contributed by atoms with Gasteiger partial charge in [-0.05, 0) is 36.6 Å². The van der Waals surface area contributed by atoms with Crippen LogP contribution in [0.1, 0.15) is 36.1 Å². The molecule has 1 N–H and O–H groups in total. The molecule has 0 saturated heterocycles. The van der Waals surface area contributed by atoms with Gasteiger partial charge in [0.05, 0.1) is 5.75 Å². The lowest BCUT2D eigenvalue weighted by Gasteiger charge is -2.18. The molecule has 0 bridgehead atoms. The zero-order chi connectivity index (χ0) is 16.2. The molecule has 0 fully saturated rings. The van der Waals surface area contributed by atoms with Gasteiger partial charge >= 0.3 is 0 Å². The second-order valence-electron chi connectivity index (χ2n) is 5.37. The van der Waals surface area contributed by atoms with E-state index in [1.807, 2.05) is 38.1 Å². The van der Waals surface area contributed by atoms with E-state index >= 15 is 0 Å². The van der Waals surface area contributed by atoms with Crippen molar-refractivity contribution in [3.05, 3.63) is 71.0 Å². The normalized spacial score (nSPS) is 13.0. The van der Waals surface area contributed by atoms with Crippen molar-refractivity contribution >= 4 is 10.0 Å². The number of halogens is 1. The molecule has 0 unspecified atom stereocenters. The quantitative estimate of drug-likeness (QED) is 0.881. The molecule has 2 aromatic rings. The Morgan fingerprint density at radius 3 is 2.18 bits per heavy atom. The van der Waals surface area contributed by atoms with Crippen molar-refractivity contribution in [1.29, 1.82) is 0 Å². The average Bonchev–Trinajstić information content (AvgIpc) is 2.48. The van der Waals surface area contributed by atoms with Gasteiger partial charge in [-0.25, -0.2) is 17.5 Å². The Morgan fingerprint density at radius 2 is 1.64 bits per heavy atom. The predicted octanol–water partition coefficient (Wildman–Crippen LogP) is 3.70. The molecule has 5 heteroatoms. The van der Waals surface area contributed by atoms with Crippen LogP contribution in [0.25, 0.3) is 0 Å². The maximum Gasteiger partial charge on any atom is 0.216 e. The van der Waals surface area contributed by atoms with Crippen LogP contribution in [0.2, 0.25) is 0 Å². The van der Waals surface area contributed by atoms with Crippen LogP contribution >= 0.6 is 0 Å². The van der Waals surface area contributed by atoms with Crippen molar-refractivity contribution < 1.29 is 12.8 Å². The van der Waals surface area contributed by atoms with Gasteiger partial charge in [-0.3, -0.25) is 0 Å². The molecule has 0 aliphatic carbocycles. The van der Waals surface area contributed by atoms with Crippen LogP contribution in [-0.2, 0) is 15.8 Å². The first-order chi connectivity index (χ1) is 10.4. The summed E-state index contributed by atoms with van der Waals surface area (Å²) in [6.45, 7) is 3.92. The highest BCUT2D eigenvalue weighted by Gasteiger charge is 2.18. The summed E-state index contributed by atoms with van der Waals surface area (Å²) in [5.41, 5.74) is 2.64. The first kappa shape index (κ1) is 16.6.